The highest BCUT2D eigenvalue weighted by Crippen LogP contribution is 2.12. The first-order valence-electron chi connectivity index (χ1n) is 7.62. The second-order valence-electron chi connectivity index (χ2n) is 7.28. The van der Waals surface area contributed by atoms with E-state index in [9.17, 15) is 8.42 Å². The molecule has 120 valence electrons. The molecule has 0 aromatic carbocycles. The summed E-state index contributed by atoms with van der Waals surface area (Å²) < 4.78 is 26.5. The molecule has 20 heavy (non-hydrogen) atoms. The summed E-state index contributed by atoms with van der Waals surface area (Å²) in [5.74, 6) is 0.847. The van der Waals surface area contributed by atoms with E-state index in [-0.39, 0.29) is 5.75 Å². The van der Waals surface area contributed by atoms with Crippen LogP contribution in [0.4, 0.5) is 0 Å². The SMILES string of the molecule is CC(C)=CCCC(C)CCNS(=O)(=O)CC[Si](C)(C)C. The van der Waals surface area contributed by atoms with Gasteiger partial charge in [-0.1, -0.05) is 38.2 Å². The Bertz CT molecular complexity index is 393. The zero-order valence-corrected chi connectivity index (χ0v) is 15.9. The summed E-state index contributed by atoms with van der Waals surface area (Å²) >= 11 is 0. The van der Waals surface area contributed by atoms with Crippen LogP contribution in [0.15, 0.2) is 11.6 Å². The third-order valence-corrected chi connectivity index (χ3v) is 6.79. The predicted molar refractivity (Wildman–Crippen MR) is 92.4 cm³/mol. The summed E-state index contributed by atoms with van der Waals surface area (Å²) in [5.41, 5.74) is 1.35. The summed E-state index contributed by atoms with van der Waals surface area (Å²) in [6.07, 6.45) is 5.38. The molecule has 3 nitrogen and oxygen atoms in total. The van der Waals surface area contributed by atoms with Gasteiger partial charge in [-0.05, 0) is 45.1 Å². The summed E-state index contributed by atoms with van der Waals surface area (Å²) in [5, 5.41) is 0. The molecule has 0 aromatic rings. The van der Waals surface area contributed by atoms with E-state index in [0.29, 0.717) is 12.5 Å². The molecule has 1 atom stereocenters. The van der Waals surface area contributed by atoms with Crippen molar-refractivity contribution in [3.05, 3.63) is 11.6 Å². The van der Waals surface area contributed by atoms with Gasteiger partial charge in [0.15, 0.2) is 0 Å². The first-order chi connectivity index (χ1) is 9.02. The minimum atomic E-state index is -3.07. The van der Waals surface area contributed by atoms with Crippen molar-refractivity contribution >= 4 is 18.1 Å². The number of rotatable bonds is 10. The third kappa shape index (κ3) is 12.9. The van der Waals surface area contributed by atoms with Crippen molar-refractivity contribution in [3.8, 4) is 0 Å². The van der Waals surface area contributed by atoms with Crippen molar-refractivity contribution in [1.82, 2.24) is 4.72 Å². The second kappa shape index (κ2) is 9.00. The van der Waals surface area contributed by atoms with Gasteiger partial charge in [-0.15, -0.1) is 0 Å². The molecule has 5 heteroatoms. The quantitative estimate of drug-likeness (QED) is 0.488. The van der Waals surface area contributed by atoms with E-state index in [2.05, 4.69) is 51.2 Å². The maximum absolute atomic E-state index is 11.9. The topological polar surface area (TPSA) is 46.2 Å². The highest BCUT2D eigenvalue weighted by Gasteiger charge is 2.18. The Kier molecular flexibility index (Phi) is 8.94. The molecule has 0 saturated carbocycles. The molecule has 0 spiro atoms. The Morgan fingerprint density at radius 2 is 1.80 bits per heavy atom. The van der Waals surface area contributed by atoms with Crippen molar-refractivity contribution in [2.24, 2.45) is 5.92 Å². The number of nitrogens with one attached hydrogen (secondary N) is 1. The van der Waals surface area contributed by atoms with Crippen LogP contribution in [0.3, 0.4) is 0 Å². The first kappa shape index (κ1) is 19.9. The molecule has 1 N–H and O–H groups in total. The fourth-order valence-corrected chi connectivity index (χ4v) is 5.87. The van der Waals surface area contributed by atoms with E-state index < -0.39 is 18.1 Å². The van der Waals surface area contributed by atoms with Crippen LogP contribution < -0.4 is 4.72 Å². The molecule has 0 aromatic heterocycles. The monoisotopic (exact) mass is 319 g/mol. The Morgan fingerprint density at radius 3 is 2.30 bits per heavy atom. The van der Waals surface area contributed by atoms with Crippen LogP contribution in [0.1, 0.15) is 40.0 Å². The molecule has 0 aliphatic rings. The Morgan fingerprint density at radius 1 is 1.20 bits per heavy atom. The van der Waals surface area contributed by atoms with E-state index in [4.69, 9.17) is 0 Å². The van der Waals surface area contributed by atoms with Crippen LogP contribution in [-0.2, 0) is 10.0 Å². The highest BCUT2D eigenvalue weighted by atomic mass is 32.2. The lowest BCUT2D eigenvalue weighted by atomic mass is 10.0. The van der Waals surface area contributed by atoms with E-state index in [0.717, 1.165) is 25.3 Å². The van der Waals surface area contributed by atoms with Crippen LogP contribution in [0.5, 0.6) is 0 Å². The van der Waals surface area contributed by atoms with Gasteiger partial charge in [-0.2, -0.15) is 0 Å². The molecule has 0 saturated heterocycles. The van der Waals surface area contributed by atoms with E-state index in [1.54, 1.807) is 0 Å². The molecular weight excluding hydrogens is 286 g/mol. The summed E-state index contributed by atoms with van der Waals surface area (Å²) in [7, 11) is -4.35. The summed E-state index contributed by atoms with van der Waals surface area (Å²) in [4.78, 5) is 0. The Labute approximate surface area is 127 Å². The van der Waals surface area contributed by atoms with Crippen LogP contribution >= 0.6 is 0 Å². The van der Waals surface area contributed by atoms with Crippen LogP contribution in [0, 0.1) is 5.92 Å². The largest absolute Gasteiger partial charge is 0.215 e. The Hall–Kier alpha value is -0.133. The normalized spacial score (nSPS) is 14.1. The minimum absolute atomic E-state index is 0.287. The van der Waals surface area contributed by atoms with Gasteiger partial charge in [0.2, 0.25) is 10.0 Å². The van der Waals surface area contributed by atoms with Crippen molar-refractivity contribution in [1.29, 1.82) is 0 Å². The summed E-state index contributed by atoms with van der Waals surface area (Å²) in [6, 6.07) is 0.832. The van der Waals surface area contributed by atoms with E-state index in [1.807, 2.05) is 0 Å². The number of allylic oxidation sites excluding steroid dienone is 2. The molecule has 1 unspecified atom stereocenters. The van der Waals surface area contributed by atoms with Crippen molar-refractivity contribution in [3.63, 3.8) is 0 Å². The smallest absolute Gasteiger partial charge is 0.211 e. The lowest BCUT2D eigenvalue weighted by Gasteiger charge is -2.16. The molecule has 0 bridgehead atoms. The molecule has 0 rings (SSSR count). The van der Waals surface area contributed by atoms with Gasteiger partial charge < -0.3 is 0 Å². The lowest BCUT2D eigenvalue weighted by molar-refractivity contribution is 0.490. The molecule has 0 aliphatic carbocycles. The maximum Gasteiger partial charge on any atom is 0.211 e. The molecule has 0 heterocycles. The minimum Gasteiger partial charge on any atom is -0.215 e. The van der Waals surface area contributed by atoms with Gasteiger partial charge in [0.1, 0.15) is 0 Å². The van der Waals surface area contributed by atoms with Gasteiger partial charge in [-0.3, -0.25) is 0 Å². The van der Waals surface area contributed by atoms with E-state index >= 15 is 0 Å². The zero-order chi connectivity index (χ0) is 15.8. The second-order valence-corrected chi connectivity index (χ2v) is 14.8. The highest BCUT2D eigenvalue weighted by molar-refractivity contribution is 7.89. The first-order valence-corrected chi connectivity index (χ1v) is 13.0. The fraction of sp³-hybridized carbons (Fsp3) is 0.867. The van der Waals surface area contributed by atoms with Crippen molar-refractivity contribution in [2.45, 2.75) is 65.7 Å². The van der Waals surface area contributed by atoms with Crippen LogP contribution in [-0.4, -0.2) is 28.8 Å². The average Bonchev–Trinajstić information content (AvgIpc) is 2.25. The third-order valence-electron chi connectivity index (χ3n) is 3.29. The molecule has 0 amide bonds. The molecule has 0 aliphatic heterocycles. The average molecular weight is 320 g/mol. The number of hydrogen-bond acceptors (Lipinski definition) is 2. The molecular formula is C15H33NO2SSi. The summed E-state index contributed by atoms with van der Waals surface area (Å²) in [6.45, 7) is 13.6. The van der Waals surface area contributed by atoms with Crippen molar-refractivity contribution in [2.75, 3.05) is 12.3 Å². The van der Waals surface area contributed by atoms with E-state index in [1.165, 1.54) is 5.57 Å². The van der Waals surface area contributed by atoms with Crippen LogP contribution in [0.25, 0.3) is 0 Å². The fourth-order valence-electron chi connectivity index (χ4n) is 1.77. The van der Waals surface area contributed by atoms with Crippen LogP contribution in [0.2, 0.25) is 25.7 Å². The van der Waals surface area contributed by atoms with Crippen molar-refractivity contribution < 1.29 is 8.42 Å². The Balaban J connectivity index is 3.90. The predicted octanol–water partition coefficient (Wildman–Crippen LogP) is 4.02. The lowest BCUT2D eigenvalue weighted by Crippen LogP contribution is -2.32. The van der Waals surface area contributed by atoms with Gasteiger partial charge in [0.25, 0.3) is 0 Å². The number of hydrogen-bond donors (Lipinski definition) is 1. The van der Waals surface area contributed by atoms with Gasteiger partial charge >= 0.3 is 0 Å². The van der Waals surface area contributed by atoms with Gasteiger partial charge in [0, 0.05) is 14.6 Å². The van der Waals surface area contributed by atoms with Gasteiger partial charge in [-0.25, -0.2) is 13.1 Å². The molecule has 0 radical (unpaired) electrons. The van der Waals surface area contributed by atoms with Gasteiger partial charge in [0.05, 0.1) is 5.75 Å². The number of sulfonamides is 1. The molecule has 0 fully saturated rings. The zero-order valence-electron chi connectivity index (χ0n) is 14.1. The maximum atomic E-state index is 11.9. The standard InChI is InChI=1S/C15H33NO2SSi/c1-14(2)8-7-9-15(3)10-11-16-19(17,18)12-13-20(4,5)6/h8,15-16H,7,9-13H2,1-6H3.